The van der Waals surface area contributed by atoms with Gasteiger partial charge in [0.15, 0.2) is 0 Å². The van der Waals surface area contributed by atoms with Crippen molar-refractivity contribution in [2.75, 3.05) is 6.54 Å². The van der Waals surface area contributed by atoms with Crippen molar-refractivity contribution in [3.63, 3.8) is 0 Å². The van der Waals surface area contributed by atoms with Crippen molar-refractivity contribution in [3.05, 3.63) is 39.7 Å². The molecule has 1 fully saturated rings. The van der Waals surface area contributed by atoms with E-state index in [1.165, 1.54) is 0 Å². The monoisotopic (exact) mass is 280 g/mol. The van der Waals surface area contributed by atoms with Crippen molar-refractivity contribution in [1.29, 1.82) is 0 Å². The maximum Gasteiger partial charge on any atom is 0.282 e. The van der Waals surface area contributed by atoms with Gasteiger partial charge in [-0.15, -0.1) is 0 Å². The van der Waals surface area contributed by atoms with E-state index < -0.39 is 16.6 Å². The van der Waals surface area contributed by atoms with Crippen LogP contribution in [0.4, 0.5) is 10.1 Å². The van der Waals surface area contributed by atoms with Gasteiger partial charge >= 0.3 is 0 Å². The van der Waals surface area contributed by atoms with Crippen molar-refractivity contribution < 1.29 is 14.1 Å². The Balaban J connectivity index is 2.35. The summed E-state index contributed by atoms with van der Waals surface area (Å²) in [5.41, 5.74) is -0.506. The summed E-state index contributed by atoms with van der Waals surface area (Å²) in [5.74, 6) is -0.834. The zero-order valence-corrected chi connectivity index (χ0v) is 11.5. The quantitative estimate of drug-likeness (QED) is 0.615. The van der Waals surface area contributed by atoms with Crippen molar-refractivity contribution in [1.82, 2.24) is 4.90 Å². The first-order valence-electron chi connectivity index (χ1n) is 6.65. The molecule has 0 aromatic heterocycles. The van der Waals surface area contributed by atoms with Gasteiger partial charge in [-0.3, -0.25) is 14.9 Å². The Morgan fingerprint density at radius 3 is 2.65 bits per heavy atom. The van der Waals surface area contributed by atoms with Gasteiger partial charge in [0, 0.05) is 18.7 Å². The first-order valence-corrected chi connectivity index (χ1v) is 6.65. The molecule has 5 nitrogen and oxygen atoms in total. The third-order valence-corrected chi connectivity index (χ3v) is 3.20. The first-order chi connectivity index (χ1) is 9.40. The average molecular weight is 280 g/mol. The van der Waals surface area contributed by atoms with E-state index in [0.717, 1.165) is 31.0 Å². The molecule has 0 heterocycles. The Hall–Kier alpha value is -1.98. The van der Waals surface area contributed by atoms with Crippen LogP contribution in [0.25, 0.3) is 0 Å². The molecule has 0 spiro atoms. The number of nitro groups is 1. The molecule has 1 saturated carbocycles. The molecule has 0 bridgehead atoms. The molecule has 0 N–H and O–H groups in total. The van der Waals surface area contributed by atoms with Gasteiger partial charge in [0.25, 0.3) is 11.6 Å². The van der Waals surface area contributed by atoms with Crippen LogP contribution in [0.3, 0.4) is 0 Å². The molecule has 1 aromatic carbocycles. The lowest BCUT2D eigenvalue weighted by Gasteiger charge is -2.24. The lowest BCUT2D eigenvalue weighted by molar-refractivity contribution is -0.385. The molecule has 20 heavy (non-hydrogen) atoms. The molecule has 0 radical (unpaired) electrons. The van der Waals surface area contributed by atoms with Crippen LogP contribution in [0.5, 0.6) is 0 Å². The van der Waals surface area contributed by atoms with Gasteiger partial charge in [-0.25, -0.2) is 4.39 Å². The highest BCUT2D eigenvalue weighted by Crippen LogP contribution is 2.31. The fourth-order valence-corrected chi connectivity index (χ4v) is 2.17. The summed E-state index contributed by atoms with van der Waals surface area (Å²) in [5, 5.41) is 11.0. The summed E-state index contributed by atoms with van der Waals surface area (Å²) in [6, 6.07) is 3.13. The Labute approximate surface area is 116 Å². The number of benzene rings is 1. The zero-order valence-electron chi connectivity index (χ0n) is 11.5. The lowest BCUT2D eigenvalue weighted by atomic mass is 10.1. The second-order valence-electron chi connectivity index (χ2n) is 5.50. The van der Waals surface area contributed by atoms with E-state index in [9.17, 15) is 19.3 Å². The van der Waals surface area contributed by atoms with Gasteiger partial charge in [-0.05, 0) is 30.9 Å². The van der Waals surface area contributed by atoms with Gasteiger partial charge in [-0.1, -0.05) is 13.8 Å². The van der Waals surface area contributed by atoms with Gasteiger partial charge in [0.2, 0.25) is 0 Å². The summed E-state index contributed by atoms with van der Waals surface area (Å²) in [6.07, 6.45) is 1.81. The fraction of sp³-hybridized carbons (Fsp3) is 0.500. The van der Waals surface area contributed by atoms with E-state index >= 15 is 0 Å². The minimum atomic E-state index is -0.646. The third kappa shape index (κ3) is 3.12. The number of amides is 1. The predicted molar refractivity (Wildman–Crippen MR) is 72.0 cm³/mol. The van der Waals surface area contributed by atoms with Crippen molar-refractivity contribution in [2.24, 2.45) is 5.92 Å². The standard InChI is InChI=1S/C14H17FN2O3/c1-9(2)8-16(11-4-5-11)14(18)12-7-10(15)3-6-13(12)17(19)20/h3,6-7,9,11H,4-5,8H2,1-2H3. The number of hydrogen-bond acceptors (Lipinski definition) is 3. The molecule has 6 heteroatoms. The van der Waals surface area contributed by atoms with E-state index in [-0.39, 0.29) is 23.2 Å². The highest BCUT2D eigenvalue weighted by atomic mass is 19.1. The van der Waals surface area contributed by atoms with Crippen LogP contribution in [-0.2, 0) is 0 Å². The Kier molecular flexibility index (Phi) is 4.01. The minimum Gasteiger partial charge on any atom is -0.335 e. The number of nitro benzene ring substituents is 1. The van der Waals surface area contributed by atoms with Gasteiger partial charge in [0.1, 0.15) is 11.4 Å². The Morgan fingerprint density at radius 1 is 1.50 bits per heavy atom. The van der Waals surface area contributed by atoms with Crippen LogP contribution in [0.15, 0.2) is 18.2 Å². The van der Waals surface area contributed by atoms with Crippen LogP contribution in [0.1, 0.15) is 37.0 Å². The van der Waals surface area contributed by atoms with Gasteiger partial charge in [0.05, 0.1) is 4.92 Å². The van der Waals surface area contributed by atoms with E-state index in [1.54, 1.807) is 4.90 Å². The first kappa shape index (κ1) is 14.4. The number of nitrogens with zero attached hydrogens (tertiary/aromatic N) is 2. The highest BCUT2D eigenvalue weighted by molar-refractivity contribution is 5.98. The van der Waals surface area contributed by atoms with Crippen molar-refractivity contribution in [2.45, 2.75) is 32.7 Å². The summed E-state index contributed by atoms with van der Waals surface area (Å²) in [6.45, 7) is 4.47. The van der Waals surface area contributed by atoms with Crippen LogP contribution in [0.2, 0.25) is 0 Å². The molecular weight excluding hydrogens is 263 g/mol. The summed E-state index contributed by atoms with van der Waals surface area (Å²) in [4.78, 5) is 24.5. The number of hydrogen-bond donors (Lipinski definition) is 0. The molecule has 108 valence electrons. The molecule has 1 aliphatic carbocycles. The molecule has 1 aliphatic rings. The molecule has 0 saturated heterocycles. The number of halogens is 1. The molecule has 0 unspecified atom stereocenters. The number of rotatable bonds is 5. The summed E-state index contributed by atoms with van der Waals surface area (Å²) >= 11 is 0. The zero-order chi connectivity index (χ0) is 14.9. The van der Waals surface area contributed by atoms with Gasteiger partial charge in [-0.2, -0.15) is 0 Å². The molecule has 2 rings (SSSR count). The lowest BCUT2D eigenvalue weighted by Crippen LogP contribution is -2.36. The topological polar surface area (TPSA) is 63.5 Å². The minimum absolute atomic E-state index is 0.132. The number of carbonyl (C=O) groups excluding carboxylic acids is 1. The average Bonchev–Trinajstić information content (AvgIpc) is 3.18. The summed E-state index contributed by atoms with van der Waals surface area (Å²) in [7, 11) is 0. The normalized spacial score (nSPS) is 14.4. The Morgan fingerprint density at radius 2 is 2.15 bits per heavy atom. The maximum atomic E-state index is 13.3. The predicted octanol–water partition coefficient (Wildman–Crippen LogP) is 2.99. The molecule has 1 amide bonds. The van der Waals surface area contributed by atoms with E-state index in [4.69, 9.17) is 0 Å². The second-order valence-corrected chi connectivity index (χ2v) is 5.50. The molecular formula is C14H17FN2O3. The van der Waals surface area contributed by atoms with Gasteiger partial charge < -0.3 is 4.90 Å². The highest BCUT2D eigenvalue weighted by Gasteiger charge is 2.35. The smallest absolute Gasteiger partial charge is 0.282 e. The number of carbonyl (C=O) groups is 1. The Bertz CT molecular complexity index is 541. The van der Waals surface area contributed by atoms with Crippen LogP contribution < -0.4 is 0 Å². The van der Waals surface area contributed by atoms with E-state index in [0.29, 0.717) is 6.54 Å². The van der Waals surface area contributed by atoms with E-state index in [1.807, 2.05) is 13.8 Å². The maximum absolute atomic E-state index is 13.3. The largest absolute Gasteiger partial charge is 0.335 e. The van der Waals surface area contributed by atoms with Crippen LogP contribution >= 0.6 is 0 Å². The van der Waals surface area contributed by atoms with Crippen LogP contribution in [0, 0.1) is 21.8 Å². The molecule has 1 aromatic rings. The third-order valence-electron chi connectivity index (χ3n) is 3.20. The second kappa shape index (κ2) is 5.56. The summed E-state index contributed by atoms with van der Waals surface area (Å²) < 4.78 is 13.3. The molecule has 0 atom stereocenters. The van der Waals surface area contributed by atoms with Crippen molar-refractivity contribution in [3.8, 4) is 0 Å². The van der Waals surface area contributed by atoms with Crippen LogP contribution in [-0.4, -0.2) is 28.3 Å². The van der Waals surface area contributed by atoms with Crippen molar-refractivity contribution >= 4 is 11.6 Å². The molecule has 0 aliphatic heterocycles. The fourth-order valence-electron chi connectivity index (χ4n) is 2.17. The SMILES string of the molecule is CC(C)CN(C(=O)c1cc(F)ccc1[N+](=O)[O-])C1CC1. The van der Waals surface area contributed by atoms with E-state index in [2.05, 4.69) is 0 Å².